The minimum absolute atomic E-state index is 0.297. The number of unbranched alkanes of at least 4 members (excludes halogenated alkanes) is 11. The minimum Gasteiger partial charge on any atom is -0.507 e. The van der Waals surface area contributed by atoms with E-state index in [1.54, 1.807) is 24.6 Å². The summed E-state index contributed by atoms with van der Waals surface area (Å²) >= 11 is 0. The molecule has 0 spiro atoms. The smallest absolute Gasteiger partial charge is 0.124 e. The number of hydrogen-bond acceptors (Lipinski definition) is 4. The van der Waals surface area contributed by atoms with Crippen LogP contribution < -0.4 is 0 Å². The molecule has 0 heterocycles. The van der Waals surface area contributed by atoms with Gasteiger partial charge in [-0.15, -0.1) is 0 Å². The minimum atomic E-state index is 0.297. The first-order valence-corrected chi connectivity index (χ1v) is 12.3. The van der Waals surface area contributed by atoms with Gasteiger partial charge in [-0.25, -0.2) is 0 Å². The second-order valence-electron chi connectivity index (χ2n) is 8.43. The normalized spacial score (nSPS) is 11.6. The third-order valence-corrected chi connectivity index (χ3v) is 5.66. The molecule has 0 aliphatic rings. The molecular formula is C28H40N2O2. The number of phenolic OH excluding ortho intramolecular Hbond substituents is 2. The predicted octanol–water partition coefficient (Wildman–Crippen LogP) is 7.32. The molecule has 4 nitrogen and oxygen atoms in total. The van der Waals surface area contributed by atoms with Crippen molar-refractivity contribution in [3.8, 4) is 11.5 Å². The fraction of sp³-hybridized carbons (Fsp3) is 0.500. The molecule has 0 saturated carbocycles. The van der Waals surface area contributed by atoms with Crippen LogP contribution in [-0.4, -0.2) is 35.7 Å². The summed E-state index contributed by atoms with van der Waals surface area (Å²) in [5.41, 5.74) is 1.59. The van der Waals surface area contributed by atoms with Crippen molar-refractivity contribution in [3.05, 3.63) is 59.7 Å². The Hall–Kier alpha value is -2.62. The Morgan fingerprint density at radius 2 is 0.781 bits per heavy atom. The Kier molecular flexibility index (Phi) is 13.6. The van der Waals surface area contributed by atoms with E-state index in [0.717, 1.165) is 37.1 Å². The molecule has 0 aliphatic carbocycles. The van der Waals surface area contributed by atoms with Crippen molar-refractivity contribution in [1.29, 1.82) is 0 Å². The molecule has 0 aromatic heterocycles. The van der Waals surface area contributed by atoms with Gasteiger partial charge >= 0.3 is 0 Å². The van der Waals surface area contributed by atoms with Gasteiger partial charge in [-0.1, -0.05) is 88.5 Å². The summed E-state index contributed by atoms with van der Waals surface area (Å²) < 4.78 is 0. The summed E-state index contributed by atoms with van der Waals surface area (Å²) in [6.07, 6.45) is 19.0. The van der Waals surface area contributed by atoms with E-state index in [1.807, 2.05) is 36.4 Å². The molecule has 0 bridgehead atoms. The van der Waals surface area contributed by atoms with E-state index in [1.165, 1.54) is 64.2 Å². The average molecular weight is 437 g/mol. The van der Waals surface area contributed by atoms with Gasteiger partial charge in [-0.2, -0.15) is 0 Å². The predicted molar refractivity (Wildman–Crippen MR) is 137 cm³/mol. The maximum atomic E-state index is 9.69. The van der Waals surface area contributed by atoms with Crippen LogP contribution in [0.1, 0.15) is 88.2 Å². The lowest BCUT2D eigenvalue weighted by Gasteiger charge is -2.03. The molecule has 0 amide bonds. The Labute approximate surface area is 194 Å². The van der Waals surface area contributed by atoms with Crippen molar-refractivity contribution in [2.75, 3.05) is 13.1 Å². The summed E-state index contributed by atoms with van der Waals surface area (Å²) in [6, 6.07) is 14.6. The van der Waals surface area contributed by atoms with Crippen molar-refractivity contribution in [1.82, 2.24) is 0 Å². The monoisotopic (exact) mass is 436 g/mol. The number of benzene rings is 2. The Morgan fingerprint density at radius 1 is 0.469 bits per heavy atom. The summed E-state index contributed by atoms with van der Waals surface area (Å²) in [5.74, 6) is 0.595. The summed E-state index contributed by atoms with van der Waals surface area (Å²) in [5, 5.41) is 19.4. The largest absolute Gasteiger partial charge is 0.507 e. The van der Waals surface area contributed by atoms with Crippen LogP contribution in [0.5, 0.6) is 11.5 Å². The molecular weight excluding hydrogens is 396 g/mol. The van der Waals surface area contributed by atoms with Crippen LogP contribution in [0.2, 0.25) is 0 Å². The van der Waals surface area contributed by atoms with Crippen molar-refractivity contribution >= 4 is 12.4 Å². The molecule has 0 atom stereocenters. The van der Waals surface area contributed by atoms with Crippen LogP contribution in [-0.2, 0) is 0 Å². The van der Waals surface area contributed by atoms with Crippen LogP contribution in [0.15, 0.2) is 58.5 Å². The SMILES string of the molecule is Oc1ccccc1C=NCCCCCCCCCCCCCCN=Cc1ccccc1O. The van der Waals surface area contributed by atoms with Crippen molar-refractivity contribution in [3.63, 3.8) is 0 Å². The molecule has 2 aromatic rings. The quantitative estimate of drug-likeness (QED) is 0.201. The van der Waals surface area contributed by atoms with Gasteiger partial charge in [0.15, 0.2) is 0 Å². The molecule has 0 unspecified atom stereocenters. The maximum absolute atomic E-state index is 9.69. The van der Waals surface area contributed by atoms with E-state index in [0.29, 0.717) is 11.5 Å². The Balaban J connectivity index is 1.31. The molecule has 174 valence electrons. The second kappa shape index (κ2) is 17.0. The second-order valence-corrected chi connectivity index (χ2v) is 8.43. The lowest BCUT2D eigenvalue weighted by molar-refractivity contribution is 0.474. The van der Waals surface area contributed by atoms with Crippen molar-refractivity contribution in [2.24, 2.45) is 9.98 Å². The molecule has 2 N–H and O–H groups in total. The van der Waals surface area contributed by atoms with Crippen molar-refractivity contribution < 1.29 is 10.2 Å². The fourth-order valence-corrected chi connectivity index (χ4v) is 3.69. The summed E-state index contributed by atoms with van der Waals surface area (Å²) in [7, 11) is 0. The van der Waals surface area contributed by atoms with E-state index in [-0.39, 0.29) is 0 Å². The molecule has 0 fully saturated rings. The highest BCUT2D eigenvalue weighted by Gasteiger charge is 1.96. The van der Waals surface area contributed by atoms with Crippen LogP contribution in [0, 0.1) is 0 Å². The maximum Gasteiger partial charge on any atom is 0.124 e. The first-order chi connectivity index (χ1) is 15.8. The van der Waals surface area contributed by atoms with E-state index < -0.39 is 0 Å². The van der Waals surface area contributed by atoms with E-state index in [2.05, 4.69) is 9.98 Å². The zero-order valence-corrected chi connectivity index (χ0v) is 19.5. The van der Waals surface area contributed by atoms with E-state index in [4.69, 9.17) is 0 Å². The van der Waals surface area contributed by atoms with Gasteiger partial charge in [0.1, 0.15) is 11.5 Å². The van der Waals surface area contributed by atoms with Crippen molar-refractivity contribution in [2.45, 2.75) is 77.0 Å². The lowest BCUT2D eigenvalue weighted by Crippen LogP contribution is -1.87. The molecule has 0 radical (unpaired) electrons. The molecule has 0 saturated heterocycles. The van der Waals surface area contributed by atoms with Gasteiger partial charge < -0.3 is 10.2 Å². The van der Waals surface area contributed by atoms with Gasteiger partial charge in [0.2, 0.25) is 0 Å². The molecule has 0 aliphatic heterocycles. The highest BCUT2D eigenvalue weighted by Crippen LogP contribution is 2.15. The molecule has 4 heteroatoms. The number of para-hydroxylation sites is 2. The Bertz CT molecular complexity index is 734. The van der Waals surface area contributed by atoms with Crippen LogP contribution in [0.3, 0.4) is 0 Å². The topological polar surface area (TPSA) is 65.2 Å². The number of nitrogens with zero attached hydrogens (tertiary/aromatic N) is 2. The van der Waals surface area contributed by atoms with Gasteiger partial charge in [0, 0.05) is 36.6 Å². The zero-order chi connectivity index (χ0) is 22.7. The fourth-order valence-electron chi connectivity index (χ4n) is 3.69. The van der Waals surface area contributed by atoms with Gasteiger partial charge in [0.05, 0.1) is 0 Å². The highest BCUT2D eigenvalue weighted by atomic mass is 16.3. The first-order valence-electron chi connectivity index (χ1n) is 12.3. The number of hydrogen-bond donors (Lipinski definition) is 2. The van der Waals surface area contributed by atoms with Crippen LogP contribution >= 0.6 is 0 Å². The van der Waals surface area contributed by atoms with Gasteiger partial charge in [0.25, 0.3) is 0 Å². The van der Waals surface area contributed by atoms with E-state index >= 15 is 0 Å². The third-order valence-electron chi connectivity index (χ3n) is 5.66. The lowest BCUT2D eigenvalue weighted by atomic mass is 10.1. The average Bonchev–Trinajstić information content (AvgIpc) is 2.80. The Morgan fingerprint density at radius 3 is 1.12 bits per heavy atom. The molecule has 32 heavy (non-hydrogen) atoms. The molecule has 2 rings (SSSR count). The van der Waals surface area contributed by atoms with Crippen LogP contribution in [0.25, 0.3) is 0 Å². The van der Waals surface area contributed by atoms with Gasteiger partial charge in [-0.3, -0.25) is 9.98 Å². The summed E-state index contributed by atoms with van der Waals surface area (Å²) in [6.45, 7) is 1.68. The number of aromatic hydroxyl groups is 2. The summed E-state index contributed by atoms with van der Waals surface area (Å²) in [4.78, 5) is 8.83. The van der Waals surface area contributed by atoms with Gasteiger partial charge in [-0.05, 0) is 37.1 Å². The number of rotatable bonds is 17. The zero-order valence-electron chi connectivity index (χ0n) is 19.5. The third kappa shape index (κ3) is 11.7. The van der Waals surface area contributed by atoms with Crippen LogP contribution in [0.4, 0.5) is 0 Å². The first kappa shape index (κ1) is 25.6. The molecule has 2 aromatic carbocycles. The van der Waals surface area contributed by atoms with E-state index in [9.17, 15) is 10.2 Å². The highest BCUT2D eigenvalue weighted by molar-refractivity contribution is 5.83. The standard InChI is InChI=1S/C28H40N2O2/c31-27-19-13-11-17-25(27)23-29-21-15-9-7-5-3-1-2-4-6-8-10-16-22-30-24-26-18-12-14-20-28(26)32/h11-14,17-20,23-24,31-32H,1-10,15-16,21-22H2. The number of phenols is 2. The number of aliphatic imine (C=N–C) groups is 2.